The maximum absolute atomic E-state index is 10.7. The molecule has 2 aliphatic heterocycles. The van der Waals surface area contributed by atoms with E-state index in [4.69, 9.17) is 4.74 Å². The highest BCUT2D eigenvalue weighted by Crippen LogP contribution is 2.31. The lowest BCUT2D eigenvalue weighted by atomic mass is 10.0. The summed E-state index contributed by atoms with van der Waals surface area (Å²) < 4.78 is 6.73. The number of hydrogen-bond donors (Lipinski definition) is 1. The standard InChI is InChI=1S/C20H28N2O2S/c23-19(18-15-25-20-4-2-1-3-17(18)20)7-10-21-8-5-16(6-9-21)22-11-13-24-14-12-22/h1-4,15-16,19,23H,5-14H2. The number of fused-ring (bicyclic) bond motifs is 1. The molecule has 0 amide bonds. The first-order valence-electron chi connectivity index (χ1n) is 9.49. The van der Waals surface area contributed by atoms with Crippen molar-refractivity contribution in [3.63, 3.8) is 0 Å². The molecule has 2 aliphatic rings. The summed E-state index contributed by atoms with van der Waals surface area (Å²) in [6.45, 7) is 7.25. The summed E-state index contributed by atoms with van der Waals surface area (Å²) in [4.78, 5) is 5.13. The summed E-state index contributed by atoms with van der Waals surface area (Å²) in [6, 6.07) is 9.10. The minimum Gasteiger partial charge on any atom is -0.388 e. The molecule has 2 saturated heterocycles. The van der Waals surface area contributed by atoms with Crippen molar-refractivity contribution in [1.82, 2.24) is 9.80 Å². The lowest BCUT2D eigenvalue weighted by molar-refractivity contribution is -0.000172. The van der Waals surface area contributed by atoms with Crippen LogP contribution >= 0.6 is 11.3 Å². The third-order valence-corrected chi connectivity index (χ3v) is 6.69. The fourth-order valence-electron chi connectivity index (χ4n) is 4.17. The van der Waals surface area contributed by atoms with E-state index in [1.807, 2.05) is 0 Å². The Balaban J connectivity index is 1.26. The maximum Gasteiger partial charge on any atom is 0.0816 e. The first kappa shape index (κ1) is 17.4. The molecule has 1 aromatic heterocycles. The predicted molar refractivity (Wildman–Crippen MR) is 103 cm³/mol. The van der Waals surface area contributed by atoms with Gasteiger partial charge in [-0.25, -0.2) is 0 Å². The number of morpholine rings is 1. The van der Waals surface area contributed by atoms with Gasteiger partial charge in [-0.2, -0.15) is 0 Å². The van der Waals surface area contributed by atoms with Crippen molar-refractivity contribution in [2.75, 3.05) is 45.9 Å². The number of piperidine rings is 1. The summed E-state index contributed by atoms with van der Waals surface area (Å²) in [5, 5.41) is 14.0. The number of rotatable bonds is 5. The average molecular weight is 361 g/mol. The Labute approximate surface area is 154 Å². The van der Waals surface area contributed by atoms with Crippen molar-refractivity contribution in [3.8, 4) is 0 Å². The van der Waals surface area contributed by atoms with Crippen molar-refractivity contribution in [1.29, 1.82) is 0 Å². The van der Waals surface area contributed by atoms with E-state index in [0.717, 1.165) is 64.0 Å². The van der Waals surface area contributed by atoms with Crippen LogP contribution in [0.4, 0.5) is 0 Å². The molecule has 136 valence electrons. The van der Waals surface area contributed by atoms with E-state index in [-0.39, 0.29) is 6.10 Å². The second-order valence-electron chi connectivity index (χ2n) is 7.21. The van der Waals surface area contributed by atoms with Crippen molar-refractivity contribution in [2.45, 2.75) is 31.4 Å². The van der Waals surface area contributed by atoms with E-state index < -0.39 is 0 Å². The second-order valence-corrected chi connectivity index (χ2v) is 8.12. The van der Waals surface area contributed by atoms with Crippen molar-refractivity contribution < 1.29 is 9.84 Å². The van der Waals surface area contributed by atoms with Crippen LogP contribution in [0.15, 0.2) is 29.6 Å². The minimum atomic E-state index is -0.354. The van der Waals surface area contributed by atoms with E-state index in [1.54, 1.807) is 11.3 Å². The molecule has 25 heavy (non-hydrogen) atoms. The minimum absolute atomic E-state index is 0.354. The van der Waals surface area contributed by atoms with Gasteiger partial charge < -0.3 is 14.7 Å². The zero-order valence-corrected chi connectivity index (χ0v) is 15.6. The molecular weight excluding hydrogens is 332 g/mol. The van der Waals surface area contributed by atoms with Crippen LogP contribution in [0, 0.1) is 0 Å². The van der Waals surface area contributed by atoms with Crippen molar-refractivity contribution >= 4 is 21.4 Å². The number of aliphatic hydroxyl groups is 1. The number of nitrogens with zero attached hydrogens (tertiary/aromatic N) is 2. The van der Waals surface area contributed by atoms with Crippen LogP contribution in [0.3, 0.4) is 0 Å². The molecule has 2 aromatic rings. The molecule has 0 aliphatic carbocycles. The number of thiophene rings is 1. The summed E-state index contributed by atoms with van der Waals surface area (Å²) in [7, 11) is 0. The van der Waals surface area contributed by atoms with Crippen LogP contribution < -0.4 is 0 Å². The molecule has 0 spiro atoms. The van der Waals surface area contributed by atoms with Crippen LogP contribution in [0.5, 0.6) is 0 Å². The van der Waals surface area contributed by atoms with Gasteiger partial charge in [0.1, 0.15) is 0 Å². The Bertz CT molecular complexity index is 675. The summed E-state index contributed by atoms with van der Waals surface area (Å²) in [6.07, 6.45) is 2.96. The second kappa shape index (κ2) is 8.14. The largest absolute Gasteiger partial charge is 0.388 e. The Kier molecular flexibility index (Phi) is 5.68. The third kappa shape index (κ3) is 4.07. The molecular formula is C20H28N2O2S. The molecule has 4 rings (SSSR count). The zero-order valence-electron chi connectivity index (χ0n) is 14.8. The van der Waals surface area contributed by atoms with Gasteiger partial charge in [-0.1, -0.05) is 18.2 Å². The van der Waals surface area contributed by atoms with Crippen molar-refractivity contribution in [2.24, 2.45) is 0 Å². The fraction of sp³-hybridized carbons (Fsp3) is 0.600. The van der Waals surface area contributed by atoms with E-state index in [1.165, 1.54) is 22.9 Å². The molecule has 1 atom stereocenters. The highest BCUT2D eigenvalue weighted by atomic mass is 32.1. The van der Waals surface area contributed by atoms with Gasteiger partial charge in [-0.05, 0) is 54.7 Å². The van der Waals surface area contributed by atoms with E-state index in [0.29, 0.717) is 0 Å². The average Bonchev–Trinajstić information content (AvgIpc) is 3.11. The van der Waals surface area contributed by atoms with Gasteiger partial charge in [0.15, 0.2) is 0 Å². The lowest BCUT2D eigenvalue weighted by Crippen LogP contribution is -2.49. The van der Waals surface area contributed by atoms with Gasteiger partial charge in [-0.15, -0.1) is 11.3 Å². The highest BCUT2D eigenvalue weighted by molar-refractivity contribution is 7.17. The molecule has 0 saturated carbocycles. The molecule has 0 radical (unpaired) electrons. The summed E-state index contributed by atoms with van der Waals surface area (Å²) >= 11 is 1.73. The van der Waals surface area contributed by atoms with Gasteiger partial charge in [0.25, 0.3) is 0 Å². The van der Waals surface area contributed by atoms with Gasteiger partial charge in [0, 0.05) is 30.4 Å². The predicted octanol–water partition coefficient (Wildman–Crippen LogP) is 3.12. The van der Waals surface area contributed by atoms with Crippen LogP contribution in [-0.4, -0.2) is 66.9 Å². The van der Waals surface area contributed by atoms with Gasteiger partial charge in [0.2, 0.25) is 0 Å². The van der Waals surface area contributed by atoms with Gasteiger partial charge >= 0.3 is 0 Å². The monoisotopic (exact) mass is 360 g/mol. The molecule has 1 unspecified atom stereocenters. The van der Waals surface area contributed by atoms with E-state index in [9.17, 15) is 5.11 Å². The van der Waals surface area contributed by atoms with E-state index >= 15 is 0 Å². The van der Waals surface area contributed by atoms with E-state index in [2.05, 4.69) is 39.4 Å². The molecule has 0 bridgehead atoms. The van der Waals surface area contributed by atoms with Crippen molar-refractivity contribution in [3.05, 3.63) is 35.2 Å². The summed E-state index contributed by atoms with van der Waals surface area (Å²) in [5.41, 5.74) is 1.10. The van der Waals surface area contributed by atoms with Crippen LogP contribution in [0.25, 0.3) is 10.1 Å². The number of aliphatic hydroxyl groups excluding tert-OH is 1. The topological polar surface area (TPSA) is 35.9 Å². The normalized spacial score (nSPS) is 22.4. The quantitative estimate of drug-likeness (QED) is 0.889. The number of hydrogen-bond acceptors (Lipinski definition) is 5. The molecule has 4 nitrogen and oxygen atoms in total. The third-order valence-electron chi connectivity index (χ3n) is 5.71. The molecule has 2 fully saturated rings. The van der Waals surface area contributed by atoms with Gasteiger partial charge in [0.05, 0.1) is 19.3 Å². The SMILES string of the molecule is OC(CCN1CCC(N2CCOCC2)CC1)c1csc2ccccc12. The fourth-order valence-corrected chi connectivity index (χ4v) is 5.18. The Morgan fingerprint density at radius 3 is 2.68 bits per heavy atom. The lowest BCUT2D eigenvalue weighted by Gasteiger charge is -2.40. The Morgan fingerprint density at radius 2 is 1.88 bits per heavy atom. The zero-order chi connectivity index (χ0) is 17.1. The first-order valence-corrected chi connectivity index (χ1v) is 10.4. The molecule has 3 heterocycles. The first-order chi connectivity index (χ1) is 12.3. The van der Waals surface area contributed by atoms with Crippen LogP contribution in [-0.2, 0) is 4.74 Å². The van der Waals surface area contributed by atoms with Gasteiger partial charge in [-0.3, -0.25) is 4.90 Å². The summed E-state index contributed by atoms with van der Waals surface area (Å²) in [5.74, 6) is 0. The Morgan fingerprint density at radius 1 is 1.12 bits per heavy atom. The number of benzene rings is 1. The van der Waals surface area contributed by atoms with Crippen LogP contribution in [0.2, 0.25) is 0 Å². The van der Waals surface area contributed by atoms with Crippen LogP contribution in [0.1, 0.15) is 30.9 Å². The number of likely N-dealkylation sites (tertiary alicyclic amines) is 1. The smallest absolute Gasteiger partial charge is 0.0816 e. The molecule has 1 aromatic carbocycles. The molecule has 5 heteroatoms. The maximum atomic E-state index is 10.7. The Hall–Kier alpha value is -0.980. The molecule has 1 N–H and O–H groups in total. The highest BCUT2D eigenvalue weighted by Gasteiger charge is 2.26. The number of ether oxygens (including phenoxy) is 1.